The second kappa shape index (κ2) is 10.7. The van der Waals surface area contributed by atoms with Gasteiger partial charge in [0.2, 0.25) is 5.91 Å². The number of nitrogens with zero attached hydrogens (tertiary/aromatic N) is 2. The van der Waals surface area contributed by atoms with Crippen LogP contribution in [0.5, 0.6) is 11.5 Å². The van der Waals surface area contributed by atoms with E-state index in [1.807, 2.05) is 4.90 Å². The molecule has 1 amide bonds. The molecular weight excluding hydrogens is 424 g/mol. The normalized spacial score (nSPS) is 14.3. The van der Waals surface area contributed by atoms with E-state index < -0.39 is 11.5 Å². The summed E-state index contributed by atoms with van der Waals surface area (Å²) in [6.07, 6.45) is 1.63. The van der Waals surface area contributed by atoms with Gasteiger partial charge in [0.05, 0.1) is 12.0 Å². The predicted octanol–water partition coefficient (Wildman–Crippen LogP) is 3.78. The Morgan fingerprint density at radius 3 is 2.59 bits per heavy atom. The van der Waals surface area contributed by atoms with Crippen LogP contribution in [-0.2, 0) is 11.2 Å². The van der Waals surface area contributed by atoms with E-state index in [-0.39, 0.29) is 29.0 Å². The topological polar surface area (TPSA) is 93.9 Å². The lowest BCUT2D eigenvalue weighted by Crippen LogP contribution is -2.41. The van der Waals surface area contributed by atoms with Gasteiger partial charge in [-0.1, -0.05) is 18.2 Å². The van der Waals surface area contributed by atoms with Gasteiger partial charge in [-0.2, -0.15) is 8.78 Å². The van der Waals surface area contributed by atoms with Crippen molar-refractivity contribution in [2.45, 2.75) is 25.9 Å². The van der Waals surface area contributed by atoms with Crippen molar-refractivity contribution in [3.63, 3.8) is 0 Å². The molecule has 1 heterocycles. The van der Waals surface area contributed by atoms with E-state index >= 15 is 0 Å². The number of para-hydroxylation sites is 2. The lowest BCUT2D eigenvalue weighted by Gasteiger charge is -2.32. The molecule has 10 heteroatoms. The fraction of sp³-hybridized carbons (Fsp3) is 0.409. The van der Waals surface area contributed by atoms with E-state index in [2.05, 4.69) is 10.1 Å². The van der Waals surface area contributed by atoms with Gasteiger partial charge in [-0.25, -0.2) is 0 Å². The number of hydrogen-bond acceptors (Lipinski definition) is 6. The van der Waals surface area contributed by atoms with E-state index in [0.717, 1.165) is 5.56 Å². The molecule has 0 bridgehead atoms. The highest BCUT2D eigenvalue weighted by molar-refractivity contribution is 5.79. The molecule has 1 aliphatic heterocycles. The van der Waals surface area contributed by atoms with Crippen molar-refractivity contribution in [3.8, 4) is 11.5 Å². The summed E-state index contributed by atoms with van der Waals surface area (Å²) in [4.78, 5) is 25.3. The molecule has 0 atom stereocenters. The van der Waals surface area contributed by atoms with Crippen molar-refractivity contribution in [3.05, 3.63) is 58.1 Å². The van der Waals surface area contributed by atoms with Crippen LogP contribution in [0.15, 0.2) is 42.5 Å². The number of nitro benzene ring substituents is 1. The second-order valence-corrected chi connectivity index (χ2v) is 7.41. The molecule has 0 aromatic heterocycles. The third-order valence-corrected chi connectivity index (χ3v) is 5.44. The summed E-state index contributed by atoms with van der Waals surface area (Å²) in [5, 5.41) is 14.1. The Balaban J connectivity index is 1.49. The first-order valence-corrected chi connectivity index (χ1v) is 10.3. The summed E-state index contributed by atoms with van der Waals surface area (Å²) in [7, 11) is 1.37. The number of benzene rings is 2. The number of rotatable bonds is 9. The Labute approximate surface area is 184 Å². The standard InChI is InChI=1S/C22H25F2N3O5/c1-31-19-7-6-15(14-20(19)32-22(23)24)8-11-25-21(28)16-9-12-26(13-10-16)17-4-2-3-5-18(17)27(29)30/h2-7,14,16,22H,8-13H2,1H3,(H,25,28). The van der Waals surface area contributed by atoms with Gasteiger partial charge >= 0.3 is 6.61 Å². The van der Waals surface area contributed by atoms with Gasteiger partial charge in [-0.05, 0) is 43.0 Å². The van der Waals surface area contributed by atoms with Crippen LogP contribution in [0.2, 0.25) is 0 Å². The zero-order valence-electron chi connectivity index (χ0n) is 17.6. The molecule has 8 nitrogen and oxygen atoms in total. The van der Waals surface area contributed by atoms with Gasteiger partial charge < -0.3 is 19.7 Å². The van der Waals surface area contributed by atoms with Crippen LogP contribution in [0.1, 0.15) is 18.4 Å². The van der Waals surface area contributed by atoms with Gasteiger partial charge in [0.25, 0.3) is 5.69 Å². The van der Waals surface area contributed by atoms with Crippen LogP contribution in [0.3, 0.4) is 0 Å². The second-order valence-electron chi connectivity index (χ2n) is 7.41. The van der Waals surface area contributed by atoms with E-state index in [1.54, 1.807) is 30.3 Å². The molecule has 0 saturated carbocycles. The van der Waals surface area contributed by atoms with Crippen LogP contribution in [0, 0.1) is 16.0 Å². The quantitative estimate of drug-likeness (QED) is 0.463. The maximum Gasteiger partial charge on any atom is 0.387 e. The highest BCUT2D eigenvalue weighted by atomic mass is 19.3. The number of piperidine rings is 1. The maximum atomic E-state index is 12.6. The monoisotopic (exact) mass is 449 g/mol. The van der Waals surface area contributed by atoms with Gasteiger partial charge in [-0.15, -0.1) is 0 Å². The summed E-state index contributed by atoms with van der Waals surface area (Å²) in [6, 6.07) is 11.3. The van der Waals surface area contributed by atoms with Crippen molar-refractivity contribution in [2.75, 3.05) is 31.6 Å². The summed E-state index contributed by atoms with van der Waals surface area (Å²) in [5.74, 6) is -0.0930. The minimum absolute atomic E-state index is 0.0475. The van der Waals surface area contributed by atoms with Gasteiger partial charge in [0.15, 0.2) is 11.5 Å². The Morgan fingerprint density at radius 2 is 1.94 bits per heavy atom. The molecule has 3 rings (SSSR count). The van der Waals surface area contributed by atoms with Crippen LogP contribution < -0.4 is 19.7 Å². The SMILES string of the molecule is COc1ccc(CCNC(=O)C2CCN(c3ccccc3[N+](=O)[O-])CC2)cc1OC(F)F. The van der Waals surface area contributed by atoms with Crippen LogP contribution >= 0.6 is 0 Å². The molecule has 1 N–H and O–H groups in total. The summed E-state index contributed by atoms with van der Waals surface area (Å²) >= 11 is 0. The van der Waals surface area contributed by atoms with Crippen LogP contribution in [-0.4, -0.2) is 44.2 Å². The molecule has 1 fully saturated rings. The van der Waals surface area contributed by atoms with Crippen LogP contribution in [0.25, 0.3) is 0 Å². The van der Waals surface area contributed by atoms with Crippen LogP contribution in [0.4, 0.5) is 20.2 Å². The van der Waals surface area contributed by atoms with Crippen molar-refractivity contribution in [1.29, 1.82) is 0 Å². The van der Waals surface area contributed by atoms with Gasteiger partial charge in [0, 0.05) is 31.6 Å². The molecule has 0 spiro atoms. The van der Waals surface area contributed by atoms with Crippen molar-refractivity contribution >= 4 is 17.3 Å². The molecule has 2 aromatic carbocycles. The zero-order valence-corrected chi connectivity index (χ0v) is 17.6. The Kier molecular flexibility index (Phi) is 7.80. The number of nitrogens with one attached hydrogen (secondary N) is 1. The number of alkyl halides is 2. The number of nitro groups is 1. The van der Waals surface area contributed by atoms with E-state index in [0.29, 0.717) is 44.6 Å². The van der Waals surface area contributed by atoms with Crippen molar-refractivity contribution in [2.24, 2.45) is 5.92 Å². The average Bonchev–Trinajstić information content (AvgIpc) is 2.79. The number of hydrogen-bond donors (Lipinski definition) is 1. The minimum atomic E-state index is -2.96. The van der Waals surface area contributed by atoms with E-state index in [4.69, 9.17) is 4.74 Å². The van der Waals surface area contributed by atoms with Gasteiger partial charge in [0.1, 0.15) is 5.69 Å². The predicted molar refractivity (Wildman–Crippen MR) is 114 cm³/mol. The molecule has 1 saturated heterocycles. The summed E-state index contributed by atoms with van der Waals surface area (Å²) in [6.45, 7) is -1.50. The number of amides is 1. The Bertz CT molecular complexity index is 949. The number of halogens is 2. The highest BCUT2D eigenvalue weighted by Crippen LogP contribution is 2.31. The molecule has 32 heavy (non-hydrogen) atoms. The van der Waals surface area contributed by atoms with Gasteiger partial charge in [-0.3, -0.25) is 14.9 Å². The molecule has 172 valence electrons. The largest absolute Gasteiger partial charge is 0.493 e. The van der Waals surface area contributed by atoms with E-state index in [1.165, 1.54) is 19.2 Å². The number of ether oxygens (including phenoxy) is 2. The molecule has 0 aliphatic carbocycles. The van der Waals surface area contributed by atoms with Crippen molar-refractivity contribution in [1.82, 2.24) is 5.32 Å². The number of carbonyl (C=O) groups is 1. The first-order chi connectivity index (χ1) is 15.4. The third kappa shape index (κ3) is 5.83. The number of methoxy groups -OCH3 is 1. The third-order valence-electron chi connectivity index (χ3n) is 5.44. The zero-order chi connectivity index (χ0) is 23.1. The number of carbonyl (C=O) groups excluding carboxylic acids is 1. The Morgan fingerprint density at radius 1 is 1.22 bits per heavy atom. The highest BCUT2D eigenvalue weighted by Gasteiger charge is 2.27. The molecule has 0 unspecified atom stereocenters. The first kappa shape index (κ1) is 23.2. The molecular formula is C22H25F2N3O5. The molecule has 1 aliphatic rings. The average molecular weight is 449 g/mol. The fourth-order valence-corrected chi connectivity index (χ4v) is 3.81. The smallest absolute Gasteiger partial charge is 0.387 e. The lowest BCUT2D eigenvalue weighted by atomic mass is 9.95. The fourth-order valence-electron chi connectivity index (χ4n) is 3.81. The summed E-state index contributed by atoms with van der Waals surface area (Å²) < 4.78 is 34.6. The number of anilines is 1. The molecule has 0 radical (unpaired) electrons. The van der Waals surface area contributed by atoms with E-state index in [9.17, 15) is 23.7 Å². The first-order valence-electron chi connectivity index (χ1n) is 10.3. The minimum Gasteiger partial charge on any atom is -0.493 e. The molecule has 2 aromatic rings. The lowest BCUT2D eigenvalue weighted by molar-refractivity contribution is -0.384. The van der Waals surface area contributed by atoms with Crippen molar-refractivity contribution < 1.29 is 28.0 Å². The Hall–Kier alpha value is -3.43. The summed E-state index contributed by atoms with van der Waals surface area (Å²) in [5.41, 5.74) is 1.36. The maximum absolute atomic E-state index is 12.6.